The summed E-state index contributed by atoms with van der Waals surface area (Å²) in [6.45, 7) is 1.84. The number of oxazole rings is 1. The summed E-state index contributed by atoms with van der Waals surface area (Å²) in [6, 6.07) is 10.4. The first-order valence-corrected chi connectivity index (χ1v) is 7.05. The number of fused-ring (bicyclic) bond motifs is 1. The van der Waals surface area contributed by atoms with E-state index in [9.17, 15) is 9.59 Å². The second-order valence-electron chi connectivity index (χ2n) is 5.25. The van der Waals surface area contributed by atoms with Gasteiger partial charge in [0.05, 0.1) is 12.6 Å². The van der Waals surface area contributed by atoms with Gasteiger partial charge in [-0.15, -0.1) is 0 Å². The Morgan fingerprint density at radius 1 is 1.26 bits per heavy atom. The van der Waals surface area contributed by atoms with E-state index in [0.717, 1.165) is 5.56 Å². The lowest BCUT2D eigenvalue weighted by Crippen LogP contribution is -2.13. The molecule has 3 aromatic rings. The van der Waals surface area contributed by atoms with Gasteiger partial charge in [-0.2, -0.15) is 0 Å². The van der Waals surface area contributed by atoms with E-state index >= 15 is 0 Å². The lowest BCUT2D eigenvalue weighted by atomic mass is 10.1. The molecule has 0 radical (unpaired) electrons. The summed E-state index contributed by atoms with van der Waals surface area (Å²) < 4.78 is 11.7. The molecule has 23 heavy (non-hydrogen) atoms. The number of rotatable bonds is 3. The maximum absolute atomic E-state index is 12.4. The summed E-state index contributed by atoms with van der Waals surface area (Å²) in [5.41, 5.74) is 3.05. The van der Waals surface area contributed by atoms with Crippen LogP contribution < -0.4 is 15.8 Å². The first-order chi connectivity index (χ1) is 11.0. The predicted molar refractivity (Wildman–Crippen MR) is 87.1 cm³/mol. The van der Waals surface area contributed by atoms with Crippen LogP contribution in [0.1, 0.15) is 15.9 Å². The van der Waals surface area contributed by atoms with Gasteiger partial charge in [0.25, 0.3) is 5.91 Å². The number of amides is 1. The van der Waals surface area contributed by atoms with Crippen LogP contribution in [-0.2, 0) is 7.05 Å². The summed E-state index contributed by atoms with van der Waals surface area (Å²) in [4.78, 5) is 24.0. The fraction of sp³-hybridized carbons (Fsp3) is 0.176. The maximum atomic E-state index is 12.4. The summed E-state index contributed by atoms with van der Waals surface area (Å²) in [6.07, 6.45) is 0. The zero-order valence-electron chi connectivity index (χ0n) is 13.0. The first kappa shape index (κ1) is 14.9. The summed E-state index contributed by atoms with van der Waals surface area (Å²) in [7, 11) is 3.17. The van der Waals surface area contributed by atoms with Crippen molar-refractivity contribution in [3.63, 3.8) is 0 Å². The van der Waals surface area contributed by atoms with Crippen LogP contribution in [0.5, 0.6) is 5.75 Å². The average Bonchev–Trinajstić information content (AvgIpc) is 2.82. The van der Waals surface area contributed by atoms with E-state index < -0.39 is 5.76 Å². The lowest BCUT2D eigenvalue weighted by molar-refractivity contribution is 0.102. The Morgan fingerprint density at radius 2 is 2.04 bits per heavy atom. The Balaban J connectivity index is 1.97. The van der Waals surface area contributed by atoms with Crippen molar-refractivity contribution < 1.29 is 13.9 Å². The number of aryl methyl sites for hydroxylation is 2. The SMILES string of the molecule is COc1cccc(C(=O)Nc2cc3c(cc2C)oc(=O)n3C)c1. The first-order valence-electron chi connectivity index (χ1n) is 7.05. The minimum absolute atomic E-state index is 0.250. The summed E-state index contributed by atoms with van der Waals surface area (Å²) in [5.74, 6) is -0.0717. The van der Waals surface area contributed by atoms with Gasteiger partial charge in [0, 0.05) is 18.3 Å². The van der Waals surface area contributed by atoms with Gasteiger partial charge < -0.3 is 14.5 Å². The van der Waals surface area contributed by atoms with Crippen molar-refractivity contribution in [2.45, 2.75) is 6.92 Å². The van der Waals surface area contributed by atoms with E-state index in [1.807, 2.05) is 6.92 Å². The van der Waals surface area contributed by atoms with Gasteiger partial charge in [0.2, 0.25) is 0 Å². The summed E-state index contributed by atoms with van der Waals surface area (Å²) in [5, 5.41) is 2.85. The highest BCUT2D eigenvalue weighted by molar-refractivity contribution is 6.05. The molecule has 0 aliphatic heterocycles. The lowest BCUT2D eigenvalue weighted by Gasteiger charge is -2.09. The van der Waals surface area contributed by atoms with Crippen molar-refractivity contribution in [1.82, 2.24) is 4.57 Å². The Bertz CT molecular complexity index is 953. The molecule has 118 valence electrons. The van der Waals surface area contributed by atoms with E-state index in [-0.39, 0.29) is 5.91 Å². The maximum Gasteiger partial charge on any atom is 0.419 e. The molecule has 0 saturated carbocycles. The standard InChI is InChI=1S/C17H16N2O4/c1-10-7-15-14(19(2)17(21)23-15)9-13(10)18-16(20)11-5-4-6-12(8-11)22-3/h4-9H,1-3H3,(H,18,20). The van der Waals surface area contributed by atoms with Crippen LogP contribution in [0.25, 0.3) is 11.1 Å². The molecular formula is C17H16N2O4. The second-order valence-corrected chi connectivity index (χ2v) is 5.25. The molecule has 0 aliphatic rings. The van der Waals surface area contributed by atoms with Crippen LogP contribution in [-0.4, -0.2) is 17.6 Å². The molecule has 6 heteroatoms. The number of nitrogens with zero attached hydrogens (tertiary/aromatic N) is 1. The third-order valence-electron chi connectivity index (χ3n) is 3.72. The number of aromatic nitrogens is 1. The monoisotopic (exact) mass is 312 g/mol. The number of methoxy groups -OCH3 is 1. The Kier molecular flexibility index (Phi) is 3.65. The number of anilines is 1. The molecule has 0 saturated heterocycles. The molecule has 0 aliphatic carbocycles. The molecule has 1 amide bonds. The summed E-state index contributed by atoms with van der Waals surface area (Å²) >= 11 is 0. The zero-order chi connectivity index (χ0) is 16.6. The van der Waals surface area contributed by atoms with Gasteiger partial charge >= 0.3 is 5.76 Å². The number of hydrogen-bond acceptors (Lipinski definition) is 4. The van der Waals surface area contributed by atoms with E-state index in [4.69, 9.17) is 9.15 Å². The molecule has 6 nitrogen and oxygen atoms in total. The highest BCUT2D eigenvalue weighted by atomic mass is 16.5. The van der Waals surface area contributed by atoms with Crippen molar-refractivity contribution in [2.24, 2.45) is 7.05 Å². The Labute approximate surface area is 132 Å². The molecule has 3 rings (SSSR count). The second kappa shape index (κ2) is 5.64. The van der Waals surface area contributed by atoms with Gasteiger partial charge in [0.1, 0.15) is 5.75 Å². The van der Waals surface area contributed by atoms with Gasteiger partial charge in [-0.25, -0.2) is 4.79 Å². The molecule has 0 fully saturated rings. The van der Waals surface area contributed by atoms with Crippen LogP contribution in [0.15, 0.2) is 45.6 Å². The van der Waals surface area contributed by atoms with Gasteiger partial charge in [-0.05, 0) is 42.8 Å². The van der Waals surface area contributed by atoms with E-state index in [1.54, 1.807) is 50.6 Å². The number of benzene rings is 2. The third-order valence-corrected chi connectivity index (χ3v) is 3.72. The van der Waals surface area contributed by atoms with E-state index in [1.165, 1.54) is 4.57 Å². The molecule has 1 heterocycles. The van der Waals surface area contributed by atoms with Crippen LogP contribution in [0.3, 0.4) is 0 Å². The zero-order valence-corrected chi connectivity index (χ0v) is 13.0. The molecule has 1 aromatic heterocycles. The topological polar surface area (TPSA) is 73.5 Å². The fourth-order valence-electron chi connectivity index (χ4n) is 2.37. The number of carbonyl (C=O) groups excluding carboxylic acids is 1. The van der Waals surface area contributed by atoms with Crippen molar-refractivity contribution in [2.75, 3.05) is 12.4 Å². The third kappa shape index (κ3) is 2.70. The minimum Gasteiger partial charge on any atom is -0.497 e. The van der Waals surface area contributed by atoms with Crippen molar-refractivity contribution >= 4 is 22.7 Å². The minimum atomic E-state index is -0.435. The van der Waals surface area contributed by atoms with Gasteiger partial charge in [-0.3, -0.25) is 9.36 Å². The smallest absolute Gasteiger partial charge is 0.419 e. The normalized spacial score (nSPS) is 10.7. The average molecular weight is 312 g/mol. The molecule has 0 spiro atoms. The molecule has 0 unspecified atom stereocenters. The van der Waals surface area contributed by atoms with Crippen LogP contribution in [0.4, 0.5) is 5.69 Å². The number of hydrogen-bond donors (Lipinski definition) is 1. The van der Waals surface area contributed by atoms with Gasteiger partial charge in [-0.1, -0.05) is 6.07 Å². The molecular weight excluding hydrogens is 296 g/mol. The Morgan fingerprint density at radius 3 is 2.78 bits per heavy atom. The highest BCUT2D eigenvalue weighted by Gasteiger charge is 2.13. The van der Waals surface area contributed by atoms with Gasteiger partial charge in [0.15, 0.2) is 5.58 Å². The Hall–Kier alpha value is -3.02. The molecule has 2 aromatic carbocycles. The predicted octanol–water partition coefficient (Wildman–Crippen LogP) is 2.70. The number of carbonyl (C=O) groups is 1. The molecule has 1 N–H and O–H groups in total. The number of ether oxygens (including phenoxy) is 1. The van der Waals surface area contributed by atoms with E-state index in [0.29, 0.717) is 28.1 Å². The molecule has 0 atom stereocenters. The van der Waals surface area contributed by atoms with E-state index in [2.05, 4.69) is 5.32 Å². The van der Waals surface area contributed by atoms with Crippen molar-refractivity contribution in [3.05, 3.63) is 58.1 Å². The number of nitrogens with one attached hydrogen (secondary N) is 1. The largest absolute Gasteiger partial charge is 0.497 e. The van der Waals surface area contributed by atoms with Crippen molar-refractivity contribution in [1.29, 1.82) is 0 Å². The molecule has 0 bridgehead atoms. The van der Waals surface area contributed by atoms with Crippen molar-refractivity contribution in [3.8, 4) is 5.75 Å². The highest BCUT2D eigenvalue weighted by Crippen LogP contribution is 2.23. The van der Waals surface area contributed by atoms with Crippen LogP contribution in [0, 0.1) is 6.92 Å². The fourth-order valence-corrected chi connectivity index (χ4v) is 2.37. The van der Waals surface area contributed by atoms with Crippen LogP contribution in [0.2, 0.25) is 0 Å². The quantitative estimate of drug-likeness (QED) is 0.807. The van der Waals surface area contributed by atoms with Crippen LogP contribution >= 0.6 is 0 Å².